The summed E-state index contributed by atoms with van der Waals surface area (Å²) in [5, 5.41) is 25.1. The summed E-state index contributed by atoms with van der Waals surface area (Å²) in [7, 11) is 0. The van der Waals surface area contributed by atoms with Crippen LogP contribution in [0, 0.1) is 10.1 Å². The summed E-state index contributed by atoms with van der Waals surface area (Å²) in [5.41, 5.74) is 3.34. The summed E-state index contributed by atoms with van der Waals surface area (Å²) in [6.45, 7) is 13.8. The van der Waals surface area contributed by atoms with Crippen LogP contribution in [0.4, 0.5) is 5.00 Å². The molecule has 192 valence electrons. The Morgan fingerprint density at radius 2 is 1.67 bits per heavy atom. The highest BCUT2D eigenvalue weighted by Gasteiger charge is 2.30. The predicted octanol–water partition coefficient (Wildman–Crippen LogP) is 7.10. The zero-order valence-electron chi connectivity index (χ0n) is 21.6. The van der Waals surface area contributed by atoms with Gasteiger partial charge in [-0.25, -0.2) is 4.98 Å². The van der Waals surface area contributed by atoms with Crippen LogP contribution in [0.1, 0.15) is 86.1 Å². The Hall–Kier alpha value is -2.78. The number of hydrogen-bond acceptors (Lipinski definition) is 7. The van der Waals surface area contributed by atoms with Crippen LogP contribution in [0.3, 0.4) is 0 Å². The van der Waals surface area contributed by atoms with Gasteiger partial charge in [-0.2, -0.15) is 0 Å². The van der Waals surface area contributed by atoms with Gasteiger partial charge in [0.2, 0.25) is 0 Å². The standard InChI is InChI=1S/C27H33N3O4S2/c1-26(2,3)18-13-17(14-19(23(18)31)27(4,5)6)20-15-35-24(28-20)16-9-11-29(12-10-16)25(32)21-7-8-22(36-21)30(33)34/h7-8,13-16,31H,9-12H2,1-6H3. The fourth-order valence-electron chi connectivity index (χ4n) is 4.56. The number of likely N-dealkylation sites (tertiary alicyclic amines) is 1. The van der Waals surface area contributed by atoms with Crippen LogP contribution in [-0.4, -0.2) is 38.9 Å². The van der Waals surface area contributed by atoms with Gasteiger partial charge in [0.25, 0.3) is 5.91 Å². The van der Waals surface area contributed by atoms with Crippen LogP contribution >= 0.6 is 22.7 Å². The second-order valence-corrected chi connectivity index (χ2v) is 13.4. The molecule has 1 fully saturated rings. The number of phenolic OH excluding ortho intramolecular Hbond substituents is 1. The summed E-state index contributed by atoms with van der Waals surface area (Å²) in [4.78, 5) is 30.5. The Morgan fingerprint density at radius 3 is 2.17 bits per heavy atom. The van der Waals surface area contributed by atoms with Crippen molar-refractivity contribution in [2.75, 3.05) is 13.1 Å². The third-order valence-electron chi connectivity index (χ3n) is 6.66. The van der Waals surface area contributed by atoms with Crippen molar-refractivity contribution in [1.29, 1.82) is 0 Å². The lowest BCUT2D eigenvalue weighted by Gasteiger charge is -2.30. The number of carbonyl (C=O) groups excluding carboxylic acids is 1. The Balaban J connectivity index is 1.52. The van der Waals surface area contributed by atoms with Crippen molar-refractivity contribution in [3.8, 4) is 17.0 Å². The minimum Gasteiger partial charge on any atom is -0.507 e. The molecule has 0 spiro atoms. The van der Waals surface area contributed by atoms with Crippen molar-refractivity contribution in [2.45, 2.75) is 71.1 Å². The Kier molecular flexibility index (Phi) is 7.00. The van der Waals surface area contributed by atoms with Crippen molar-refractivity contribution in [3.63, 3.8) is 0 Å². The lowest BCUT2D eigenvalue weighted by atomic mass is 9.78. The molecule has 4 rings (SSSR count). The number of thiazole rings is 1. The van der Waals surface area contributed by atoms with E-state index in [2.05, 4.69) is 59.1 Å². The van der Waals surface area contributed by atoms with Crippen LogP contribution in [-0.2, 0) is 10.8 Å². The van der Waals surface area contributed by atoms with Crippen molar-refractivity contribution >= 4 is 33.6 Å². The number of carbonyl (C=O) groups is 1. The molecule has 9 heteroatoms. The van der Waals surface area contributed by atoms with E-state index in [-0.39, 0.29) is 27.7 Å². The van der Waals surface area contributed by atoms with Gasteiger partial charge < -0.3 is 10.0 Å². The lowest BCUT2D eigenvalue weighted by Crippen LogP contribution is -2.37. The molecule has 2 aromatic heterocycles. The van der Waals surface area contributed by atoms with E-state index >= 15 is 0 Å². The molecule has 1 amide bonds. The largest absolute Gasteiger partial charge is 0.507 e. The van der Waals surface area contributed by atoms with Crippen LogP contribution in [0.2, 0.25) is 0 Å². The number of thiophene rings is 1. The molecule has 0 radical (unpaired) electrons. The van der Waals surface area contributed by atoms with Gasteiger partial charge in [-0.3, -0.25) is 14.9 Å². The van der Waals surface area contributed by atoms with E-state index in [9.17, 15) is 20.0 Å². The number of piperidine rings is 1. The van der Waals surface area contributed by atoms with Crippen molar-refractivity contribution < 1.29 is 14.8 Å². The number of nitro groups is 1. The van der Waals surface area contributed by atoms with Crippen molar-refractivity contribution in [2.24, 2.45) is 0 Å². The molecule has 0 bridgehead atoms. The smallest absolute Gasteiger partial charge is 0.324 e. The second kappa shape index (κ2) is 9.59. The summed E-state index contributed by atoms with van der Waals surface area (Å²) >= 11 is 2.57. The lowest BCUT2D eigenvalue weighted by molar-refractivity contribution is -0.380. The molecule has 1 aliphatic rings. The maximum atomic E-state index is 12.8. The molecule has 7 nitrogen and oxygen atoms in total. The van der Waals surface area contributed by atoms with Crippen molar-refractivity contribution in [3.05, 3.63) is 60.8 Å². The number of amides is 1. The Morgan fingerprint density at radius 1 is 1.08 bits per heavy atom. The zero-order valence-corrected chi connectivity index (χ0v) is 23.3. The first-order chi connectivity index (χ1) is 16.8. The first-order valence-corrected chi connectivity index (χ1v) is 13.8. The number of hydrogen-bond donors (Lipinski definition) is 1. The molecular formula is C27H33N3O4S2. The third kappa shape index (κ3) is 5.32. The predicted molar refractivity (Wildman–Crippen MR) is 145 cm³/mol. The highest BCUT2D eigenvalue weighted by atomic mass is 32.1. The molecule has 3 aromatic rings. The van der Waals surface area contributed by atoms with Crippen LogP contribution in [0.15, 0.2) is 29.6 Å². The monoisotopic (exact) mass is 527 g/mol. The first kappa shape index (κ1) is 26.3. The number of aromatic nitrogens is 1. The number of aromatic hydroxyl groups is 1. The molecule has 1 aromatic carbocycles. The highest BCUT2D eigenvalue weighted by molar-refractivity contribution is 7.17. The molecular weight excluding hydrogens is 494 g/mol. The minimum absolute atomic E-state index is 0.0120. The molecule has 1 aliphatic heterocycles. The van der Waals surface area contributed by atoms with E-state index in [1.54, 1.807) is 22.3 Å². The van der Waals surface area contributed by atoms with Gasteiger partial charge in [0.1, 0.15) is 5.75 Å². The fraction of sp³-hybridized carbons (Fsp3) is 0.481. The topological polar surface area (TPSA) is 96.6 Å². The molecule has 3 heterocycles. The fourth-order valence-corrected chi connectivity index (χ4v) is 6.35. The maximum absolute atomic E-state index is 12.8. The van der Waals surface area contributed by atoms with Gasteiger partial charge >= 0.3 is 5.00 Å². The first-order valence-electron chi connectivity index (χ1n) is 12.1. The summed E-state index contributed by atoms with van der Waals surface area (Å²) in [6, 6.07) is 7.05. The van der Waals surface area contributed by atoms with E-state index in [0.29, 0.717) is 23.7 Å². The SMILES string of the molecule is CC(C)(C)c1cc(-c2csc(C3CCN(C(=O)c4ccc([N+](=O)[O-])s4)CC3)n2)cc(C(C)(C)C)c1O. The van der Waals surface area contributed by atoms with Gasteiger partial charge in [-0.15, -0.1) is 11.3 Å². The second-order valence-electron chi connectivity index (χ2n) is 11.5. The number of phenols is 1. The minimum atomic E-state index is -0.462. The molecule has 0 atom stereocenters. The summed E-state index contributed by atoms with van der Waals surface area (Å²) < 4.78 is 0. The summed E-state index contributed by atoms with van der Waals surface area (Å²) in [6.07, 6.45) is 1.62. The van der Waals surface area contributed by atoms with E-state index in [0.717, 1.165) is 51.6 Å². The molecule has 1 N–H and O–H groups in total. The van der Waals surface area contributed by atoms with E-state index in [1.807, 2.05) is 0 Å². The number of benzene rings is 1. The van der Waals surface area contributed by atoms with Crippen LogP contribution in [0.5, 0.6) is 5.75 Å². The average molecular weight is 528 g/mol. The highest BCUT2D eigenvalue weighted by Crippen LogP contribution is 2.43. The van der Waals surface area contributed by atoms with Crippen molar-refractivity contribution in [1.82, 2.24) is 9.88 Å². The molecule has 36 heavy (non-hydrogen) atoms. The van der Waals surface area contributed by atoms with Crippen LogP contribution in [0.25, 0.3) is 11.3 Å². The normalized spacial score (nSPS) is 15.3. The molecule has 0 unspecified atom stereocenters. The Bertz CT molecular complexity index is 1250. The van der Waals surface area contributed by atoms with Gasteiger partial charge in [0, 0.05) is 47.1 Å². The quantitative estimate of drug-likeness (QED) is 0.288. The summed E-state index contributed by atoms with van der Waals surface area (Å²) in [5.74, 6) is 0.494. The average Bonchev–Trinajstić information content (AvgIpc) is 3.48. The zero-order chi connectivity index (χ0) is 26.4. The van der Waals surface area contributed by atoms with Gasteiger partial charge in [0.15, 0.2) is 0 Å². The van der Waals surface area contributed by atoms with Gasteiger partial charge in [-0.05, 0) is 41.9 Å². The van der Waals surface area contributed by atoms with E-state index in [1.165, 1.54) is 6.07 Å². The maximum Gasteiger partial charge on any atom is 0.324 e. The van der Waals surface area contributed by atoms with E-state index in [4.69, 9.17) is 4.98 Å². The third-order valence-corrected chi connectivity index (χ3v) is 8.69. The van der Waals surface area contributed by atoms with Gasteiger partial charge in [-0.1, -0.05) is 52.9 Å². The van der Waals surface area contributed by atoms with Gasteiger partial charge in [0.05, 0.1) is 20.5 Å². The molecule has 0 aliphatic carbocycles. The van der Waals surface area contributed by atoms with Crippen LogP contribution < -0.4 is 0 Å². The molecule has 1 saturated heterocycles. The number of rotatable bonds is 4. The van der Waals surface area contributed by atoms with E-state index < -0.39 is 4.92 Å². The Labute approximate surface area is 220 Å². The number of nitrogens with zero attached hydrogens (tertiary/aromatic N) is 3. The molecule has 0 saturated carbocycles.